The molecule has 0 radical (unpaired) electrons. The number of aromatic carboxylic acids is 1. The number of furan rings is 1. The topological polar surface area (TPSA) is 82.7 Å². The van der Waals surface area contributed by atoms with E-state index in [0.29, 0.717) is 12.3 Å². The van der Waals surface area contributed by atoms with Gasteiger partial charge in [-0.2, -0.15) is 0 Å². The van der Waals surface area contributed by atoms with Crippen molar-refractivity contribution in [3.63, 3.8) is 0 Å². The number of aliphatic hydroxyl groups excluding tert-OH is 1. The van der Waals surface area contributed by atoms with Crippen LogP contribution < -0.4 is 5.32 Å². The first-order chi connectivity index (χ1) is 8.06. The molecule has 1 aromatic rings. The molecule has 0 atom stereocenters. The molecule has 0 saturated carbocycles. The van der Waals surface area contributed by atoms with Gasteiger partial charge in [-0.15, -0.1) is 0 Å². The van der Waals surface area contributed by atoms with Gasteiger partial charge in [-0.1, -0.05) is 13.8 Å². The van der Waals surface area contributed by atoms with E-state index >= 15 is 0 Å². The van der Waals surface area contributed by atoms with Crippen molar-refractivity contribution in [2.24, 2.45) is 0 Å². The quantitative estimate of drug-likeness (QED) is 0.675. The van der Waals surface area contributed by atoms with Crippen molar-refractivity contribution in [1.82, 2.24) is 5.32 Å². The maximum absolute atomic E-state index is 10.6. The maximum atomic E-state index is 10.6. The van der Waals surface area contributed by atoms with E-state index in [2.05, 4.69) is 5.32 Å². The number of hydrogen-bond donors (Lipinski definition) is 3. The fourth-order valence-corrected chi connectivity index (χ4v) is 1.64. The molecule has 0 aliphatic heterocycles. The summed E-state index contributed by atoms with van der Waals surface area (Å²) in [7, 11) is 0. The predicted octanol–water partition coefficient (Wildman–Crippen LogP) is 1.62. The number of rotatable bonds is 7. The Labute approximate surface area is 100 Å². The van der Waals surface area contributed by atoms with Crippen LogP contribution in [0.4, 0.5) is 0 Å². The molecule has 0 saturated heterocycles. The van der Waals surface area contributed by atoms with Crippen LogP contribution in [-0.4, -0.2) is 28.3 Å². The monoisotopic (exact) mass is 241 g/mol. The number of carbonyl (C=O) groups is 1. The van der Waals surface area contributed by atoms with Gasteiger partial charge in [0.25, 0.3) is 0 Å². The summed E-state index contributed by atoms with van der Waals surface area (Å²) >= 11 is 0. The zero-order chi connectivity index (χ0) is 12.9. The molecule has 1 aromatic heterocycles. The minimum atomic E-state index is -1.07. The molecule has 5 nitrogen and oxygen atoms in total. The summed E-state index contributed by atoms with van der Waals surface area (Å²) in [5, 5.41) is 21.3. The normalized spacial score (nSPS) is 11.7. The van der Waals surface area contributed by atoms with Gasteiger partial charge in [0.2, 0.25) is 5.76 Å². The Morgan fingerprint density at radius 2 is 2.06 bits per heavy atom. The second-order valence-electron chi connectivity index (χ2n) is 4.07. The molecule has 0 amide bonds. The lowest BCUT2D eigenvalue weighted by Crippen LogP contribution is -2.46. The summed E-state index contributed by atoms with van der Waals surface area (Å²) < 4.78 is 5.13. The molecule has 1 rings (SSSR count). The summed E-state index contributed by atoms with van der Waals surface area (Å²) in [4.78, 5) is 10.6. The van der Waals surface area contributed by atoms with Gasteiger partial charge < -0.3 is 19.9 Å². The SMILES string of the molecule is CCC(CC)(CO)NCc1ccc(C(=O)O)o1. The highest BCUT2D eigenvalue weighted by molar-refractivity contribution is 5.84. The minimum absolute atomic E-state index is 0.0481. The molecular weight excluding hydrogens is 222 g/mol. The number of aliphatic hydroxyl groups is 1. The van der Waals surface area contributed by atoms with E-state index in [4.69, 9.17) is 9.52 Å². The molecule has 5 heteroatoms. The summed E-state index contributed by atoms with van der Waals surface area (Å²) in [5.74, 6) is -0.581. The average Bonchev–Trinajstić information content (AvgIpc) is 2.81. The molecule has 17 heavy (non-hydrogen) atoms. The molecule has 0 aliphatic rings. The fourth-order valence-electron chi connectivity index (χ4n) is 1.64. The van der Waals surface area contributed by atoms with Crippen LogP contribution in [0.25, 0.3) is 0 Å². The standard InChI is InChI=1S/C12H19NO4/c1-3-12(4-2,8-14)13-7-9-5-6-10(17-9)11(15)16/h5-6,13-14H,3-4,7-8H2,1-2H3,(H,15,16). The van der Waals surface area contributed by atoms with Gasteiger partial charge in [0.1, 0.15) is 5.76 Å². The van der Waals surface area contributed by atoms with Gasteiger partial charge in [0.15, 0.2) is 0 Å². The summed E-state index contributed by atoms with van der Waals surface area (Å²) in [6.45, 7) is 4.46. The molecule has 0 bridgehead atoms. The van der Waals surface area contributed by atoms with Gasteiger partial charge >= 0.3 is 5.97 Å². The molecule has 0 spiro atoms. The lowest BCUT2D eigenvalue weighted by molar-refractivity contribution is 0.0659. The Morgan fingerprint density at radius 1 is 1.41 bits per heavy atom. The van der Waals surface area contributed by atoms with Crippen LogP contribution in [-0.2, 0) is 6.54 Å². The van der Waals surface area contributed by atoms with Gasteiger partial charge in [-0.3, -0.25) is 0 Å². The van der Waals surface area contributed by atoms with Crippen LogP contribution in [0.2, 0.25) is 0 Å². The first-order valence-corrected chi connectivity index (χ1v) is 5.74. The van der Waals surface area contributed by atoms with Crippen LogP contribution in [0.1, 0.15) is 43.0 Å². The van der Waals surface area contributed by atoms with Gasteiger partial charge in [0.05, 0.1) is 13.2 Å². The van der Waals surface area contributed by atoms with Gasteiger partial charge in [-0.05, 0) is 25.0 Å². The Balaban J connectivity index is 2.62. The molecule has 1 heterocycles. The molecule has 0 aliphatic carbocycles. The van der Waals surface area contributed by atoms with Crippen molar-refractivity contribution < 1.29 is 19.4 Å². The minimum Gasteiger partial charge on any atom is -0.475 e. The third-order valence-corrected chi connectivity index (χ3v) is 3.17. The molecule has 0 aromatic carbocycles. The van der Waals surface area contributed by atoms with Crippen LogP contribution >= 0.6 is 0 Å². The number of carboxylic acid groups (broad SMARTS) is 1. The van der Waals surface area contributed by atoms with Crippen LogP contribution in [0.15, 0.2) is 16.5 Å². The second kappa shape index (κ2) is 5.84. The zero-order valence-corrected chi connectivity index (χ0v) is 10.2. The van der Waals surface area contributed by atoms with E-state index < -0.39 is 5.97 Å². The van der Waals surface area contributed by atoms with E-state index in [1.807, 2.05) is 13.8 Å². The average molecular weight is 241 g/mol. The van der Waals surface area contributed by atoms with Crippen LogP contribution in [0, 0.1) is 0 Å². The number of nitrogens with one attached hydrogen (secondary N) is 1. The third kappa shape index (κ3) is 3.31. The van der Waals surface area contributed by atoms with E-state index in [-0.39, 0.29) is 17.9 Å². The van der Waals surface area contributed by atoms with Crippen molar-refractivity contribution in [2.75, 3.05) is 6.61 Å². The van der Waals surface area contributed by atoms with Gasteiger partial charge in [0, 0.05) is 5.54 Å². The largest absolute Gasteiger partial charge is 0.475 e. The van der Waals surface area contributed by atoms with E-state index in [9.17, 15) is 9.90 Å². The van der Waals surface area contributed by atoms with E-state index in [0.717, 1.165) is 12.8 Å². The molecular formula is C12H19NO4. The summed E-state index contributed by atoms with van der Waals surface area (Å²) in [5.41, 5.74) is -0.323. The van der Waals surface area contributed by atoms with Crippen molar-refractivity contribution in [1.29, 1.82) is 0 Å². The summed E-state index contributed by atoms with van der Waals surface area (Å²) in [6.07, 6.45) is 1.60. The Hall–Kier alpha value is -1.33. The second-order valence-corrected chi connectivity index (χ2v) is 4.07. The van der Waals surface area contributed by atoms with Crippen molar-refractivity contribution in [3.8, 4) is 0 Å². The highest BCUT2D eigenvalue weighted by Crippen LogP contribution is 2.16. The van der Waals surface area contributed by atoms with E-state index in [1.165, 1.54) is 6.07 Å². The van der Waals surface area contributed by atoms with Crippen molar-refractivity contribution in [2.45, 2.75) is 38.8 Å². The highest BCUT2D eigenvalue weighted by Gasteiger charge is 2.24. The number of hydrogen-bond acceptors (Lipinski definition) is 4. The molecule has 96 valence electrons. The van der Waals surface area contributed by atoms with E-state index in [1.54, 1.807) is 6.07 Å². The lowest BCUT2D eigenvalue weighted by atomic mass is 9.94. The highest BCUT2D eigenvalue weighted by atomic mass is 16.4. The van der Waals surface area contributed by atoms with Crippen molar-refractivity contribution in [3.05, 3.63) is 23.7 Å². The van der Waals surface area contributed by atoms with Gasteiger partial charge in [-0.25, -0.2) is 4.79 Å². The number of carboxylic acids is 1. The van der Waals surface area contributed by atoms with Crippen LogP contribution in [0.5, 0.6) is 0 Å². The molecule has 3 N–H and O–H groups in total. The first-order valence-electron chi connectivity index (χ1n) is 5.74. The molecule has 0 unspecified atom stereocenters. The first kappa shape index (κ1) is 13.7. The third-order valence-electron chi connectivity index (χ3n) is 3.17. The van der Waals surface area contributed by atoms with Crippen LogP contribution in [0.3, 0.4) is 0 Å². The summed E-state index contributed by atoms with van der Waals surface area (Å²) in [6, 6.07) is 3.06. The Kier molecular flexibility index (Phi) is 4.72. The maximum Gasteiger partial charge on any atom is 0.371 e. The Morgan fingerprint density at radius 3 is 2.47 bits per heavy atom. The molecule has 0 fully saturated rings. The predicted molar refractivity (Wildman–Crippen MR) is 62.9 cm³/mol. The smallest absolute Gasteiger partial charge is 0.371 e. The zero-order valence-electron chi connectivity index (χ0n) is 10.2. The fraction of sp³-hybridized carbons (Fsp3) is 0.583. The Bertz CT molecular complexity index is 360. The van der Waals surface area contributed by atoms with Crippen molar-refractivity contribution >= 4 is 5.97 Å². The lowest BCUT2D eigenvalue weighted by Gasteiger charge is -2.30.